The zero-order chi connectivity index (χ0) is 15.7. The van der Waals surface area contributed by atoms with Crippen LogP contribution in [0.1, 0.15) is 41.8 Å². The van der Waals surface area contributed by atoms with Gasteiger partial charge in [-0.2, -0.15) is 5.10 Å². The molecule has 2 heterocycles. The zero-order valence-electron chi connectivity index (χ0n) is 12.5. The third-order valence-corrected chi connectivity index (χ3v) is 5.16. The van der Waals surface area contributed by atoms with Crippen molar-refractivity contribution in [3.05, 3.63) is 56.7 Å². The van der Waals surface area contributed by atoms with E-state index in [-0.39, 0.29) is 11.9 Å². The van der Waals surface area contributed by atoms with Crippen molar-refractivity contribution in [1.29, 1.82) is 0 Å². The molecule has 1 aliphatic heterocycles. The second-order valence-electron chi connectivity index (χ2n) is 5.34. The topological polar surface area (TPSA) is 32.7 Å². The zero-order valence-corrected chi connectivity index (χ0v) is 14.1. The largest absolute Gasteiger partial charge is 0.273 e. The molecule has 0 aliphatic carbocycles. The Morgan fingerprint density at radius 1 is 1.36 bits per heavy atom. The van der Waals surface area contributed by atoms with Crippen LogP contribution in [0.3, 0.4) is 0 Å². The number of amides is 1. The molecule has 114 valence electrons. The van der Waals surface area contributed by atoms with Crippen molar-refractivity contribution in [3.8, 4) is 0 Å². The fourth-order valence-corrected chi connectivity index (χ4v) is 3.70. The van der Waals surface area contributed by atoms with E-state index in [1.165, 1.54) is 10.4 Å². The van der Waals surface area contributed by atoms with E-state index >= 15 is 0 Å². The Morgan fingerprint density at radius 3 is 2.68 bits per heavy atom. The third-order valence-electron chi connectivity index (χ3n) is 3.85. The van der Waals surface area contributed by atoms with Crippen molar-refractivity contribution in [2.75, 3.05) is 0 Å². The van der Waals surface area contributed by atoms with E-state index in [1.807, 2.05) is 31.2 Å². The first-order chi connectivity index (χ1) is 10.6. The average Bonchev–Trinajstić information content (AvgIpc) is 3.13. The Kier molecular flexibility index (Phi) is 4.32. The molecule has 3 nitrogen and oxygen atoms in total. The second-order valence-corrected chi connectivity index (χ2v) is 6.70. The highest BCUT2D eigenvalue weighted by atomic mass is 35.5. The normalized spacial score (nSPS) is 17.7. The summed E-state index contributed by atoms with van der Waals surface area (Å²) in [6.45, 7) is 3.95. The van der Waals surface area contributed by atoms with Gasteiger partial charge in [-0.3, -0.25) is 4.79 Å². The van der Waals surface area contributed by atoms with Gasteiger partial charge in [-0.25, -0.2) is 5.01 Å². The molecule has 0 saturated carbocycles. The number of thiophene rings is 1. The number of rotatable bonds is 3. The Balaban J connectivity index is 1.96. The van der Waals surface area contributed by atoms with Gasteiger partial charge in [0.2, 0.25) is 5.91 Å². The summed E-state index contributed by atoms with van der Waals surface area (Å²) in [4.78, 5) is 13.4. The lowest BCUT2D eigenvalue weighted by molar-refractivity contribution is -0.132. The maximum absolute atomic E-state index is 12.3. The summed E-state index contributed by atoms with van der Waals surface area (Å²) in [5, 5.41) is 9.02. The van der Waals surface area contributed by atoms with Crippen LogP contribution in [0.4, 0.5) is 0 Å². The van der Waals surface area contributed by atoms with Gasteiger partial charge in [-0.05, 0) is 41.6 Å². The smallest absolute Gasteiger partial charge is 0.242 e. The quantitative estimate of drug-likeness (QED) is 0.794. The highest BCUT2D eigenvalue weighted by molar-refractivity contribution is 7.12. The van der Waals surface area contributed by atoms with E-state index in [4.69, 9.17) is 11.6 Å². The first-order valence-corrected chi connectivity index (χ1v) is 8.55. The maximum atomic E-state index is 12.3. The van der Waals surface area contributed by atoms with Crippen LogP contribution in [-0.2, 0) is 4.79 Å². The average molecular weight is 333 g/mol. The fraction of sp³-hybridized carbons (Fsp3) is 0.294. The van der Waals surface area contributed by atoms with Crippen LogP contribution in [0, 0.1) is 6.92 Å². The van der Waals surface area contributed by atoms with Crippen molar-refractivity contribution < 1.29 is 4.79 Å². The number of hydrogen-bond acceptors (Lipinski definition) is 3. The van der Waals surface area contributed by atoms with Crippen LogP contribution in [0.5, 0.6) is 0 Å². The number of benzene rings is 1. The van der Waals surface area contributed by atoms with Gasteiger partial charge in [0.25, 0.3) is 0 Å². The molecule has 1 aromatic heterocycles. The predicted molar refractivity (Wildman–Crippen MR) is 91.5 cm³/mol. The number of halogens is 1. The van der Waals surface area contributed by atoms with Gasteiger partial charge in [0.05, 0.1) is 16.6 Å². The summed E-state index contributed by atoms with van der Waals surface area (Å²) in [5.41, 5.74) is 3.28. The molecule has 0 N–H and O–H groups in total. The molecule has 0 bridgehead atoms. The van der Waals surface area contributed by atoms with Gasteiger partial charge in [0.15, 0.2) is 0 Å². The molecule has 0 unspecified atom stereocenters. The summed E-state index contributed by atoms with van der Waals surface area (Å²) in [6.07, 6.45) is 1.19. The van der Waals surface area contributed by atoms with Gasteiger partial charge in [-0.15, -0.1) is 11.3 Å². The Morgan fingerprint density at radius 2 is 2.09 bits per heavy atom. The van der Waals surface area contributed by atoms with E-state index in [0.29, 0.717) is 11.4 Å². The van der Waals surface area contributed by atoms with Crippen molar-refractivity contribution in [1.82, 2.24) is 5.01 Å². The lowest BCUT2D eigenvalue weighted by Gasteiger charge is -2.21. The molecule has 2 aromatic rings. The summed E-state index contributed by atoms with van der Waals surface area (Å²) in [5.74, 6) is 0.0455. The van der Waals surface area contributed by atoms with E-state index in [0.717, 1.165) is 17.7 Å². The molecule has 1 aromatic carbocycles. The Hall–Kier alpha value is -1.65. The molecule has 1 amide bonds. The molecule has 5 heteroatoms. The minimum atomic E-state index is -0.0405. The SMILES string of the molecule is CCC(=O)N1N=C(c2sccc2C)C[C@H]1c1ccc(Cl)cc1. The molecular weight excluding hydrogens is 316 g/mol. The van der Waals surface area contributed by atoms with Gasteiger partial charge in [-0.1, -0.05) is 30.7 Å². The Bertz CT molecular complexity index is 721. The fourth-order valence-electron chi connectivity index (χ4n) is 2.65. The minimum absolute atomic E-state index is 0.0405. The van der Waals surface area contributed by atoms with Gasteiger partial charge in [0.1, 0.15) is 0 Å². The lowest BCUT2D eigenvalue weighted by atomic mass is 10.0. The van der Waals surface area contributed by atoms with E-state index in [2.05, 4.69) is 23.5 Å². The van der Waals surface area contributed by atoms with Gasteiger partial charge >= 0.3 is 0 Å². The summed E-state index contributed by atoms with van der Waals surface area (Å²) < 4.78 is 0. The predicted octanol–water partition coefficient (Wildman–Crippen LogP) is 4.80. The monoisotopic (exact) mass is 332 g/mol. The molecule has 3 rings (SSSR count). The van der Waals surface area contributed by atoms with Crippen molar-refractivity contribution in [2.45, 2.75) is 32.7 Å². The first kappa shape index (κ1) is 15.3. The summed E-state index contributed by atoms with van der Waals surface area (Å²) in [6, 6.07) is 9.72. The van der Waals surface area contributed by atoms with E-state index in [1.54, 1.807) is 16.3 Å². The summed E-state index contributed by atoms with van der Waals surface area (Å²) >= 11 is 7.65. The highest BCUT2D eigenvalue weighted by Crippen LogP contribution is 2.35. The molecule has 1 aliphatic rings. The standard InChI is InChI=1S/C17H17ClN2OS/c1-3-16(21)20-15(12-4-6-13(18)7-5-12)10-14(19-20)17-11(2)8-9-22-17/h4-9,15H,3,10H2,1-2H3/t15-/m0/s1. The number of nitrogens with zero attached hydrogens (tertiary/aromatic N) is 2. The van der Waals surface area contributed by atoms with E-state index < -0.39 is 0 Å². The van der Waals surface area contributed by atoms with Crippen LogP contribution >= 0.6 is 22.9 Å². The molecule has 22 heavy (non-hydrogen) atoms. The van der Waals surface area contributed by atoms with Crippen molar-refractivity contribution in [2.24, 2.45) is 5.10 Å². The maximum Gasteiger partial charge on any atom is 0.242 e. The highest BCUT2D eigenvalue weighted by Gasteiger charge is 2.33. The van der Waals surface area contributed by atoms with Crippen LogP contribution in [-0.4, -0.2) is 16.6 Å². The van der Waals surface area contributed by atoms with Crippen molar-refractivity contribution >= 4 is 34.6 Å². The third kappa shape index (κ3) is 2.81. The van der Waals surface area contributed by atoms with E-state index in [9.17, 15) is 4.79 Å². The molecule has 0 fully saturated rings. The first-order valence-electron chi connectivity index (χ1n) is 7.29. The molecule has 0 spiro atoms. The van der Waals surface area contributed by atoms with Gasteiger partial charge < -0.3 is 0 Å². The van der Waals surface area contributed by atoms with Crippen LogP contribution in [0.25, 0.3) is 0 Å². The molecule has 1 atom stereocenters. The minimum Gasteiger partial charge on any atom is -0.273 e. The molecular formula is C17H17ClN2OS. The second kappa shape index (κ2) is 6.23. The number of hydrazone groups is 1. The van der Waals surface area contributed by atoms with Crippen LogP contribution in [0.15, 0.2) is 40.8 Å². The number of aryl methyl sites for hydroxylation is 1. The lowest BCUT2D eigenvalue weighted by Crippen LogP contribution is -2.26. The number of hydrogen-bond donors (Lipinski definition) is 0. The van der Waals surface area contributed by atoms with Crippen molar-refractivity contribution in [3.63, 3.8) is 0 Å². The Labute approximate surface area is 139 Å². The summed E-state index contributed by atoms with van der Waals surface area (Å²) in [7, 11) is 0. The van der Waals surface area contributed by atoms with Crippen LogP contribution in [0.2, 0.25) is 5.02 Å². The molecule has 0 radical (unpaired) electrons. The molecule has 0 saturated heterocycles. The van der Waals surface area contributed by atoms with Crippen LogP contribution < -0.4 is 0 Å². The number of carbonyl (C=O) groups excluding carboxylic acids is 1. The van der Waals surface area contributed by atoms with Gasteiger partial charge in [0, 0.05) is 17.9 Å². The number of carbonyl (C=O) groups is 1.